The minimum atomic E-state index is -0.313. The first-order chi connectivity index (χ1) is 7.10. The van der Waals surface area contributed by atoms with Gasteiger partial charge in [-0.3, -0.25) is 4.79 Å². The fraction of sp³-hybridized carbons (Fsp3) is 0.917. The third-order valence-corrected chi connectivity index (χ3v) is 5.94. The molecular weight excluding hydrogens is 208 g/mol. The van der Waals surface area contributed by atoms with Crippen molar-refractivity contribution in [3.8, 4) is 0 Å². The summed E-state index contributed by atoms with van der Waals surface area (Å²) in [4.78, 5) is 12.2. The van der Waals surface area contributed by atoms with Crippen LogP contribution in [0, 0.1) is 5.92 Å². The van der Waals surface area contributed by atoms with Crippen LogP contribution in [0.4, 0.5) is 0 Å². The van der Waals surface area contributed by atoms with Gasteiger partial charge in [0, 0.05) is 13.5 Å². The zero-order valence-corrected chi connectivity index (χ0v) is 10.7. The maximum absolute atomic E-state index is 12.2. The van der Waals surface area contributed by atoms with Crippen LogP contribution >= 0.6 is 11.8 Å². The van der Waals surface area contributed by atoms with E-state index >= 15 is 0 Å². The van der Waals surface area contributed by atoms with Crippen molar-refractivity contribution in [1.82, 2.24) is 0 Å². The highest BCUT2D eigenvalue weighted by Crippen LogP contribution is 2.56. The third kappa shape index (κ3) is 1.32. The van der Waals surface area contributed by atoms with Gasteiger partial charge in [0.05, 0.1) is 5.60 Å². The maximum Gasteiger partial charge on any atom is 0.151 e. The van der Waals surface area contributed by atoms with Crippen molar-refractivity contribution in [1.29, 1.82) is 0 Å². The van der Waals surface area contributed by atoms with Crippen LogP contribution in [0.1, 0.15) is 39.0 Å². The van der Waals surface area contributed by atoms with Crippen LogP contribution in [0.5, 0.6) is 0 Å². The topological polar surface area (TPSA) is 26.3 Å². The molecule has 3 atom stereocenters. The van der Waals surface area contributed by atoms with Gasteiger partial charge in [-0.05, 0) is 31.9 Å². The second-order valence-electron chi connectivity index (χ2n) is 4.90. The number of methoxy groups -OCH3 is 1. The van der Waals surface area contributed by atoms with E-state index in [2.05, 4.69) is 6.92 Å². The van der Waals surface area contributed by atoms with Gasteiger partial charge in [-0.1, -0.05) is 12.8 Å². The highest BCUT2D eigenvalue weighted by molar-refractivity contribution is 8.00. The first-order valence-electron chi connectivity index (χ1n) is 5.74. The lowest BCUT2D eigenvalue weighted by Gasteiger charge is -2.46. The monoisotopic (exact) mass is 228 g/mol. The summed E-state index contributed by atoms with van der Waals surface area (Å²) < 4.78 is 5.53. The molecule has 0 spiro atoms. The first kappa shape index (κ1) is 11.5. The molecule has 86 valence electrons. The van der Waals surface area contributed by atoms with E-state index in [1.807, 2.05) is 6.26 Å². The number of thioether (sulfide) groups is 1. The Morgan fingerprint density at radius 2 is 2.20 bits per heavy atom. The van der Waals surface area contributed by atoms with E-state index in [-0.39, 0.29) is 10.3 Å². The molecule has 3 heteroatoms. The van der Waals surface area contributed by atoms with Gasteiger partial charge < -0.3 is 4.74 Å². The van der Waals surface area contributed by atoms with Crippen molar-refractivity contribution in [2.24, 2.45) is 5.92 Å². The zero-order valence-electron chi connectivity index (χ0n) is 9.84. The van der Waals surface area contributed by atoms with Crippen molar-refractivity contribution in [2.75, 3.05) is 13.4 Å². The lowest BCUT2D eigenvalue weighted by Crippen LogP contribution is -2.54. The molecule has 0 saturated heterocycles. The van der Waals surface area contributed by atoms with E-state index in [1.54, 1.807) is 18.9 Å². The Labute approximate surface area is 96.1 Å². The number of hydrogen-bond donors (Lipinski definition) is 0. The predicted octanol–water partition coefficient (Wildman–Crippen LogP) is 2.66. The third-order valence-electron chi connectivity index (χ3n) is 4.55. The minimum Gasteiger partial charge on any atom is -0.376 e. The molecule has 2 nitrogen and oxygen atoms in total. The van der Waals surface area contributed by atoms with Crippen molar-refractivity contribution in [3.63, 3.8) is 0 Å². The SMILES string of the molecule is CO[C@]12CCCC[C@H]1CC(=O)[C@@]2(C)SC. The lowest BCUT2D eigenvalue weighted by molar-refractivity contribution is -0.124. The van der Waals surface area contributed by atoms with Crippen LogP contribution in [0.3, 0.4) is 0 Å². The van der Waals surface area contributed by atoms with Crippen molar-refractivity contribution >= 4 is 17.5 Å². The van der Waals surface area contributed by atoms with Gasteiger partial charge in [-0.25, -0.2) is 0 Å². The number of hydrogen-bond acceptors (Lipinski definition) is 3. The standard InChI is InChI=1S/C12H20O2S/c1-11(15-3)10(13)8-9-6-4-5-7-12(9,11)14-2/h9H,4-8H2,1-3H3/t9-,11+,12+/m0/s1. The normalized spacial score (nSPS) is 45.5. The van der Waals surface area contributed by atoms with Crippen molar-refractivity contribution in [3.05, 3.63) is 0 Å². The average Bonchev–Trinajstić information content (AvgIpc) is 2.50. The Morgan fingerprint density at radius 1 is 1.47 bits per heavy atom. The van der Waals surface area contributed by atoms with Crippen molar-refractivity contribution < 1.29 is 9.53 Å². The molecular formula is C12H20O2S. The summed E-state index contributed by atoms with van der Waals surface area (Å²) in [6.07, 6.45) is 7.44. The molecule has 0 aromatic heterocycles. The summed E-state index contributed by atoms with van der Waals surface area (Å²) in [7, 11) is 1.78. The fourth-order valence-corrected chi connectivity index (χ4v) is 4.52. The summed E-state index contributed by atoms with van der Waals surface area (Å²) in [5.74, 6) is 0.852. The largest absolute Gasteiger partial charge is 0.376 e. The van der Waals surface area contributed by atoms with E-state index in [0.29, 0.717) is 11.7 Å². The fourth-order valence-electron chi connectivity index (χ4n) is 3.52. The molecule has 2 aliphatic rings. The molecule has 0 aromatic rings. The summed E-state index contributed by atoms with van der Waals surface area (Å²) >= 11 is 1.68. The molecule has 2 saturated carbocycles. The van der Waals surface area contributed by atoms with Crippen LogP contribution in [-0.4, -0.2) is 29.5 Å². The summed E-state index contributed by atoms with van der Waals surface area (Å²) in [6.45, 7) is 2.08. The highest BCUT2D eigenvalue weighted by atomic mass is 32.2. The molecule has 0 aliphatic heterocycles. The highest BCUT2D eigenvalue weighted by Gasteiger charge is 2.63. The number of fused-ring (bicyclic) bond motifs is 1. The Kier molecular flexibility index (Phi) is 2.89. The molecule has 0 radical (unpaired) electrons. The molecule has 0 heterocycles. The van der Waals surface area contributed by atoms with Crippen LogP contribution < -0.4 is 0 Å². The number of carbonyl (C=O) groups is 1. The maximum atomic E-state index is 12.2. The number of ketones is 1. The Morgan fingerprint density at radius 3 is 2.80 bits per heavy atom. The molecule has 0 N–H and O–H groups in total. The van der Waals surface area contributed by atoms with Crippen LogP contribution in [0.15, 0.2) is 0 Å². The summed E-state index contributed by atoms with van der Waals surface area (Å²) in [6, 6.07) is 0. The quantitative estimate of drug-likeness (QED) is 0.727. The summed E-state index contributed by atoms with van der Waals surface area (Å²) in [5, 5.41) is 0. The van der Waals surface area contributed by atoms with E-state index in [0.717, 1.165) is 19.3 Å². The van der Waals surface area contributed by atoms with E-state index in [4.69, 9.17) is 4.74 Å². The second-order valence-corrected chi connectivity index (χ2v) is 6.13. The lowest BCUT2D eigenvalue weighted by atomic mass is 9.73. The first-order valence-corrected chi connectivity index (χ1v) is 6.97. The molecule has 0 aromatic carbocycles. The van der Waals surface area contributed by atoms with Gasteiger partial charge in [0.15, 0.2) is 5.78 Å². The van der Waals surface area contributed by atoms with Crippen molar-refractivity contribution in [2.45, 2.75) is 49.4 Å². The van der Waals surface area contributed by atoms with E-state index in [9.17, 15) is 4.79 Å². The predicted molar refractivity (Wildman–Crippen MR) is 63.2 cm³/mol. The van der Waals surface area contributed by atoms with Gasteiger partial charge >= 0.3 is 0 Å². The molecule has 15 heavy (non-hydrogen) atoms. The smallest absolute Gasteiger partial charge is 0.151 e. The van der Waals surface area contributed by atoms with E-state index in [1.165, 1.54) is 12.8 Å². The molecule has 2 aliphatic carbocycles. The Bertz CT molecular complexity index is 279. The molecule has 2 rings (SSSR count). The van der Waals surface area contributed by atoms with Crippen LogP contribution in [-0.2, 0) is 9.53 Å². The zero-order chi connectivity index (χ0) is 11.1. The van der Waals surface area contributed by atoms with Gasteiger partial charge in [0.25, 0.3) is 0 Å². The van der Waals surface area contributed by atoms with Crippen LogP contribution in [0.25, 0.3) is 0 Å². The minimum absolute atomic E-state index is 0.179. The van der Waals surface area contributed by atoms with Gasteiger partial charge in [-0.15, -0.1) is 11.8 Å². The molecule has 0 amide bonds. The van der Waals surface area contributed by atoms with Gasteiger partial charge in [0.1, 0.15) is 4.75 Å². The molecule has 0 bridgehead atoms. The van der Waals surface area contributed by atoms with E-state index < -0.39 is 0 Å². The number of ether oxygens (including phenoxy) is 1. The Balaban J connectivity index is 2.41. The molecule has 2 fully saturated rings. The second kappa shape index (κ2) is 3.77. The van der Waals surface area contributed by atoms with Gasteiger partial charge in [0.2, 0.25) is 0 Å². The number of rotatable bonds is 2. The summed E-state index contributed by atoms with van der Waals surface area (Å²) in [5.41, 5.74) is -0.179. The van der Waals surface area contributed by atoms with Crippen LogP contribution in [0.2, 0.25) is 0 Å². The number of carbonyl (C=O) groups excluding carboxylic acids is 1. The average molecular weight is 228 g/mol. The Hall–Kier alpha value is -0.0200. The number of Topliss-reactive ketones (excluding diaryl/α,β-unsaturated/α-hetero) is 1. The van der Waals surface area contributed by atoms with Gasteiger partial charge in [-0.2, -0.15) is 0 Å². The molecule has 0 unspecified atom stereocenters.